The van der Waals surface area contributed by atoms with Crippen molar-refractivity contribution in [1.82, 2.24) is 15.2 Å². The minimum atomic E-state index is 0.731. The molecule has 0 amide bonds. The molecule has 0 radical (unpaired) electrons. The summed E-state index contributed by atoms with van der Waals surface area (Å²) in [4.78, 5) is 5.36. The van der Waals surface area contributed by atoms with E-state index in [1.165, 1.54) is 4.88 Å². The SMILES string of the molecule is Clc1ccc(-c2cc3c(Cc4cccnc4)nncc3s2)cc1. The zero-order chi connectivity index (χ0) is 15.6. The minimum absolute atomic E-state index is 0.731. The third-order valence-electron chi connectivity index (χ3n) is 3.65. The van der Waals surface area contributed by atoms with Gasteiger partial charge in [-0.2, -0.15) is 10.2 Å². The molecule has 0 aliphatic carbocycles. The van der Waals surface area contributed by atoms with E-state index in [0.29, 0.717) is 0 Å². The van der Waals surface area contributed by atoms with Crippen LogP contribution in [0.2, 0.25) is 5.02 Å². The van der Waals surface area contributed by atoms with Crippen LogP contribution in [0.3, 0.4) is 0 Å². The van der Waals surface area contributed by atoms with Gasteiger partial charge in [-0.15, -0.1) is 11.3 Å². The van der Waals surface area contributed by atoms with Crippen LogP contribution >= 0.6 is 22.9 Å². The summed E-state index contributed by atoms with van der Waals surface area (Å²) >= 11 is 7.69. The lowest BCUT2D eigenvalue weighted by Gasteiger charge is -2.00. The van der Waals surface area contributed by atoms with E-state index in [0.717, 1.165) is 38.4 Å². The zero-order valence-electron chi connectivity index (χ0n) is 12.1. The summed E-state index contributed by atoms with van der Waals surface area (Å²) in [6, 6.07) is 14.1. The van der Waals surface area contributed by atoms with Gasteiger partial charge in [-0.1, -0.05) is 29.8 Å². The Morgan fingerprint density at radius 2 is 1.91 bits per heavy atom. The van der Waals surface area contributed by atoms with Gasteiger partial charge in [-0.05, 0) is 35.4 Å². The van der Waals surface area contributed by atoms with E-state index < -0.39 is 0 Å². The van der Waals surface area contributed by atoms with Gasteiger partial charge in [0.1, 0.15) is 0 Å². The van der Waals surface area contributed by atoms with Gasteiger partial charge in [0.15, 0.2) is 0 Å². The van der Waals surface area contributed by atoms with Crippen LogP contribution in [0.5, 0.6) is 0 Å². The molecule has 0 unspecified atom stereocenters. The molecular weight excluding hydrogens is 326 g/mol. The van der Waals surface area contributed by atoms with Crippen molar-refractivity contribution < 1.29 is 0 Å². The first kappa shape index (κ1) is 14.3. The van der Waals surface area contributed by atoms with Crippen LogP contribution in [0.1, 0.15) is 11.3 Å². The molecule has 0 N–H and O–H groups in total. The fourth-order valence-electron chi connectivity index (χ4n) is 2.51. The molecule has 3 nitrogen and oxygen atoms in total. The van der Waals surface area contributed by atoms with Gasteiger partial charge >= 0.3 is 0 Å². The second-order valence-electron chi connectivity index (χ2n) is 5.22. The van der Waals surface area contributed by atoms with Crippen molar-refractivity contribution in [2.24, 2.45) is 0 Å². The zero-order valence-corrected chi connectivity index (χ0v) is 13.7. The Hall–Kier alpha value is -2.30. The maximum atomic E-state index is 5.97. The number of hydrogen-bond acceptors (Lipinski definition) is 4. The van der Waals surface area contributed by atoms with E-state index in [2.05, 4.69) is 27.3 Å². The Labute approximate surface area is 142 Å². The summed E-state index contributed by atoms with van der Waals surface area (Å²) in [5.41, 5.74) is 3.27. The predicted molar refractivity (Wildman–Crippen MR) is 94.9 cm³/mol. The summed E-state index contributed by atoms with van der Waals surface area (Å²) in [5.74, 6) is 0. The van der Waals surface area contributed by atoms with Crippen LogP contribution in [0.4, 0.5) is 0 Å². The number of thiophene rings is 1. The molecule has 0 saturated heterocycles. The molecule has 0 spiro atoms. The maximum absolute atomic E-state index is 5.97. The van der Waals surface area contributed by atoms with E-state index in [1.807, 2.05) is 42.7 Å². The second-order valence-corrected chi connectivity index (χ2v) is 6.74. The summed E-state index contributed by atoms with van der Waals surface area (Å²) in [6.45, 7) is 0. The molecule has 0 aliphatic rings. The first-order valence-corrected chi connectivity index (χ1v) is 8.38. The number of nitrogens with zero attached hydrogens (tertiary/aromatic N) is 3. The van der Waals surface area contributed by atoms with E-state index in [9.17, 15) is 0 Å². The topological polar surface area (TPSA) is 38.7 Å². The molecule has 4 aromatic rings. The van der Waals surface area contributed by atoms with Gasteiger partial charge in [0.05, 0.1) is 16.6 Å². The van der Waals surface area contributed by atoms with Gasteiger partial charge in [-0.25, -0.2) is 0 Å². The summed E-state index contributed by atoms with van der Waals surface area (Å²) < 4.78 is 1.14. The molecule has 0 saturated carbocycles. The Morgan fingerprint density at radius 3 is 2.70 bits per heavy atom. The molecule has 1 aromatic carbocycles. The molecule has 112 valence electrons. The molecule has 5 heteroatoms. The van der Waals surface area contributed by atoms with Crippen LogP contribution in [-0.2, 0) is 6.42 Å². The van der Waals surface area contributed by atoms with Gasteiger partial charge in [0.25, 0.3) is 0 Å². The first-order valence-electron chi connectivity index (χ1n) is 7.18. The molecule has 3 heterocycles. The Morgan fingerprint density at radius 1 is 1.04 bits per heavy atom. The molecular formula is C18H12ClN3S. The number of hydrogen-bond donors (Lipinski definition) is 0. The lowest BCUT2D eigenvalue weighted by molar-refractivity contribution is 0.956. The van der Waals surface area contributed by atoms with Crippen LogP contribution in [0, 0.1) is 0 Å². The van der Waals surface area contributed by atoms with Crippen LogP contribution < -0.4 is 0 Å². The Kier molecular flexibility index (Phi) is 3.77. The Bertz CT molecular complexity index is 949. The smallest absolute Gasteiger partial charge is 0.0762 e. The standard InChI is InChI=1S/C18H12ClN3S/c19-14-5-3-13(4-6-14)17-9-15-16(22-21-11-18(15)23-17)8-12-2-1-7-20-10-12/h1-7,9-11H,8H2. The fraction of sp³-hybridized carbons (Fsp3) is 0.0556. The summed E-state index contributed by atoms with van der Waals surface area (Å²) in [5, 5.41) is 10.4. The molecule has 0 atom stereocenters. The number of rotatable bonds is 3. The van der Waals surface area contributed by atoms with Crippen molar-refractivity contribution in [2.45, 2.75) is 6.42 Å². The highest BCUT2D eigenvalue weighted by molar-refractivity contribution is 7.22. The third-order valence-corrected chi connectivity index (χ3v) is 5.02. The van der Waals surface area contributed by atoms with Gasteiger partial charge in [0, 0.05) is 34.1 Å². The average molecular weight is 338 g/mol. The quantitative estimate of drug-likeness (QED) is 0.528. The van der Waals surface area contributed by atoms with Crippen molar-refractivity contribution in [3.63, 3.8) is 0 Å². The highest BCUT2D eigenvalue weighted by atomic mass is 35.5. The number of halogens is 1. The number of fused-ring (bicyclic) bond motifs is 1. The second kappa shape index (κ2) is 6.07. The molecule has 0 fully saturated rings. The lowest BCUT2D eigenvalue weighted by Crippen LogP contribution is -1.95. The maximum Gasteiger partial charge on any atom is 0.0762 e. The molecule has 23 heavy (non-hydrogen) atoms. The van der Waals surface area contributed by atoms with Crippen LogP contribution in [0.15, 0.2) is 61.1 Å². The van der Waals surface area contributed by atoms with E-state index >= 15 is 0 Å². The van der Waals surface area contributed by atoms with Gasteiger partial charge in [-0.3, -0.25) is 4.98 Å². The van der Waals surface area contributed by atoms with Crippen LogP contribution in [-0.4, -0.2) is 15.2 Å². The monoisotopic (exact) mass is 337 g/mol. The molecule has 0 aliphatic heterocycles. The van der Waals surface area contributed by atoms with Crippen molar-refractivity contribution >= 4 is 33.0 Å². The first-order chi connectivity index (χ1) is 11.3. The third kappa shape index (κ3) is 2.96. The van der Waals surface area contributed by atoms with Crippen molar-refractivity contribution in [3.05, 3.63) is 77.3 Å². The summed E-state index contributed by atoms with van der Waals surface area (Å²) in [6.07, 6.45) is 6.20. The predicted octanol–water partition coefficient (Wildman–Crippen LogP) is 5.00. The van der Waals surface area contributed by atoms with E-state index in [-0.39, 0.29) is 0 Å². The van der Waals surface area contributed by atoms with Crippen LogP contribution in [0.25, 0.3) is 20.5 Å². The van der Waals surface area contributed by atoms with Crippen molar-refractivity contribution in [3.8, 4) is 10.4 Å². The molecule has 4 rings (SSSR count). The normalized spacial score (nSPS) is 11.0. The largest absolute Gasteiger partial charge is 0.264 e. The molecule has 3 aromatic heterocycles. The van der Waals surface area contributed by atoms with Crippen molar-refractivity contribution in [1.29, 1.82) is 0 Å². The van der Waals surface area contributed by atoms with Crippen molar-refractivity contribution in [2.75, 3.05) is 0 Å². The minimum Gasteiger partial charge on any atom is -0.264 e. The summed E-state index contributed by atoms with van der Waals surface area (Å²) in [7, 11) is 0. The Balaban J connectivity index is 1.77. The highest BCUT2D eigenvalue weighted by Gasteiger charge is 2.10. The van der Waals surface area contributed by atoms with Gasteiger partial charge in [0.2, 0.25) is 0 Å². The number of aromatic nitrogens is 3. The number of pyridine rings is 1. The molecule has 0 bridgehead atoms. The average Bonchev–Trinajstić information content (AvgIpc) is 3.02. The highest BCUT2D eigenvalue weighted by Crippen LogP contribution is 2.35. The fourth-order valence-corrected chi connectivity index (χ4v) is 3.69. The van der Waals surface area contributed by atoms with E-state index in [4.69, 9.17) is 11.6 Å². The lowest BCUT2D eigenvalue weighted by atomic mass is 10.1. The van der Waals surface area contributed by atoms with E-state index in [1.54, 1.807) is 17.5 Å². The number of benzene rings is 1. The van der Waals surface area contributed by atoms with Gasteiger partial charge < -0.3 is 0 Å².